The third-order valence-corrected chi connectivity index (χ3v) is 4.62. The van der Waals surface area contributed by atoms with E-state index in [2.05, 4.69) is 44.5 Å². The molecule has 1 aliphatic rings. The van der Waals surface area contributed by atoms with Crippen LogP contribution < -0.4 is 10.3 Å². The van der Waals surface area contributed by atoms with Gasteiger partial charge in [0.15, 0.2) is 0 Å². The summed E-state index contributed by atoms with van der Waals surface area (Å²) in [7, 11) is 2.04. The molecule has 122 valence electrons. The Hall–Kier alpha value is -2.30. The highest BCUT2D eigenvalue weighted by Crippen LogP contribution is 2.27. The molecule has 4 rings (SSSR count). The van der Waals surface area contributed by atoms with Crippen molar-refractivity contribution in [3.05, 3.63) is 55.2 Å². The standard InChI is InChI=1S/C17H22N5.CH3/c1-20-10-11-21(12-20)9-3-5-14-17(18)16-8-7-13-4-2-6-15(13)22(16)19-14;/h7-8,10-12H,2-6,9,18H2,1H3;1H3/q+1;-1. The molecule has 1 aliphatic carbocycles. The lowest BCUT2D eigenvalue weighted by Crippen LogP contribution is -2.23. The summed E-state index contributed by atoms with van der Waals surface area (Å²) in [6, 6.07) is 4.35. The largest absolute Gasteiger partial charge is 0.395 e. The number of hydrogen-bond acceptors (Lipinski definition) is 2. The summed E-state index contributed by atoms with van der Waals surface area (Å²) in [5, 5.41) is 4.80. The minimum atomic E-state index is 0. The molecule has 0 aliphatic heterocycles. The number of nitrogens with two attached hydrogens (primary N) is 1. The molecule has 0 unspecified atom stereocenters. The Morgan fingerprint density at radius 1 is 1.30 bits per heavy atom. The van der Waals surface area contributed by atoms with Crippen LogP contribution in [0.3, 0.4) is 0 Å². The second kappa shape index (κ2) is 6.07. The van der Waals surface area contributed by atoms with Gasteiger partial charge in [0.2, 0.25) is 6.33 Å². The maximum absolute atomic E-state index is 6.32. The fourth-order valence-electron chi connectivity index (χ4n) is 3.46. The van der Waals surface area contributed by atoms with Crippen LogP contribution in [-0.2, 0) is 32.9 Å². The van der Waals surface area contributed by atoms with Crippen LogP contribution in [0, 0.1) is 7.43 Å². The highest BCUT2D eigenvalue weighted by molar-refractivity contribution is 5.73. The summed E-state index contributed by atoms with van der Waals surface area (Å²) >= 11 is 0. The van der Waals surface area contributed by atoms with Crippen molar-refractivity contribution in [2.24, 2.45) is 7.05 Å². The predicted molar refractivity (Wildman–Crippen MR) is 92.0 cm³/mol. The summed E-state index contributed by atoms with van der Waals surface area (Å²) in [5.41, 5.74) is 12.1. The van der Waals surface area contributed by atoms with Gasteiger partial charge in [-0.25, -0.2) is 13.6 Å². The first-order chi connectivity index (χ1) is 10.7. The molecule has 0 saturated heterocycles. The van der Waals surface area contributed by atoms with Crippen molar-refractivity contribution in [1.82, 2.24) is 14.2 Å². The molecule has 0 atom stereocenters. The number of aromatic nitrogens is 4. The smallest absolute Gasteiger partial charge is 0.243 e. The molecule has 0 amide bonds. The van der Waals surface area contributed by atoms with Gasteiger partial charge in [-0.3, -0.25) is 0 Å². The molecule has 23 heavy (non-hydrogen) atoms. The number of anilines is 1. The molecule has 3 aromatic rings. The van der Waals surface area contributed by atoms with E-state index in [0.717, 1.165) is 42.7 Å². The van der Waals surface area contributed by atoms with Gasteiger partial charge in [-0.2, -0.15) is 5.10 Å². The van der Waals surface area contributed by atoms with Crippen LogP contribution >= 0.6 is 0 Å². The van der Waals surface area contributed by atoms with Crippen molar-refractivity contribution in [2.75, 3.05) is 5.73 Å². The van der Waals surface area contributed by atoms with Crippen LogP contribution in [0.25, 0.3) is 5.52 Å². The Labute approximate surface area is 137 Å². The summed E-state index contributed by atoms with van der Waals surface area (Å²) < 4.78 is 6.34. The lowest BCUT2D eigenvalue weighted by Gasteiger charge is -2.02. The first kappa shape index (κ1) is 15.6. The first-order valence-corrected chi connectivity index (χ1v) is 8.01. The van der Waals surface area contributed by atoms with Gasteiger partial charge in [0.25, 0.3) is 0 Å². The van der Waals surface area contributed by atoms with Gasteiger partial charge in [-0.1, -0.05) is 6.07 Å². The highest BCUT2D eigenvalue weighted by atomic mass is 15.2. The van der Waals surface area contributed by atoms with Crippen molar-refractivity contribution in [3.63, 3.8) is 0 Å². The lowest BCUT2D eigenvalue weighted by molar-refractivity contribution is -0.671. The van der Waals surface area contributed by atoms with Gasteiger partial charge in [0.05, 0.1) is 30.5 Å². The minimum absolute atomic E-state index is 0. The van der Waals surface area contributed by atoms with Crippen molar-refractivity contribution in [3.8, 4) is 0 Å². The second-order valence-electron chi connectivity index (χ2n) is 6.24. The Morgan fingerprint density at radius 2 is 2.17 bits per heavy atom. The van der Waals surface area contributed by atoms with Crippen molar-refractivity contribution in [2.45, 2.75) is 38.6 Å². The fraction of sp³-hybridized carbons (Fsp3) is 0.389. The number of nitrogens with zero attached hydrogens (tertiary/aromatic N) is 4. The molecular formula is C18H25N5. The fourth-order valence-corrected chi connectivity index (χ4v) is 3.46. The van der Waals surface area contributed by atoms with Crippen LogP contribution in [0.4, 0.5) is 5.69 Å². The van der Waals surface area contributed by atoms with Gasteiger partial charge in [0, 0.05) is 5.69 Å². The minimum Gasteiger partial charge on any atom is -0.395 e. The summed E-state index contributed by atoms with van der Waals surface area (Å²) in [6.45, 7) is 0.992. The van der Waals surface area contributed by atoms with E-state index in [1.807, 2.05) is 7.05 Å². The number of rotatable bonds is 4. The number of nitrogen functional groups attached to an aromatic ring is 1. The molecule has 0 fully saturated rings. The monoisotopic (exact) mass is 311 g/mol. The van der Waals surface area contributed by atoms with Gasteiger partial charge in [-0.05, 0) is 43.7 Å². The topological polar surface area (TPSA) is 52.1 Å². The average Bonchev–Trinajstić information content (AvgIpc) is 3.19. The Morgan fingerprint density at radius 3 is 2.96 bits per heavy atom. The summed E-state index contributed by atoms with van der Waals surface area (Å²) in [6.07, 6.45) is 11.7. The van der Waals surface area contributed by atoms with Gasteiger partial charge in [-0.15, -0.1) is 0 Å². The van der Waals surface area contributed by atoms with Crippen LogP contribution in [0.1, 0.15) is 29.8 Å². The van der Waals surface area contributed by atoms with Crippen molar-refractivity contribution >= 4 is 11.2 Å². The van der Waals surface area contributed by atoms with E-state index in [9.17, 15) is 0 Å². The SMILES string of the molecule is C[n+]1ccn(CCCc2nn3c4c(ccc3c2N)CCC4)c1.[CH3-]. The molecule has 0 radical (unpaired) electrons. The van der Waals surface area contributed by atoms with Crippen LogP contribution in [0.5, 0.6) is 0 Å². The van der Waals surface area contributed by atoms with Crippen LogP contribution in [-0.4, -0.2) is 14.2 Å². The first-order valence-electron chi connectivity index (χ1n) is 8.01. The number of pyridine rings is 1. The zero-order valence-electron chi connectivity index (χ0n) is 14.0. The zero-order chi connectivity index (χ0) is 15.1. The van der Waals surface area contributed by atoms with Crippen molar-refractivity contribution in [1.29, 1.82) is 0 Å². The number of imidazole rings is 1. The lowest BCUT2D eigenvalue weighted by atomic mass is 10.2. The molecule has 0 spiro atoms. The molecule has 3 aromatic heterocycles. The predicted octanol–water partition coefficient (Wildman–Crippen LogP) is 2.11. The third kappa shape index (κ3) is 2.71. The Bertz CT molecular complexity index is 827. The molecule has 0 saturated carbocycles. The van der Waals surface area contributed by atoms with Crippen LogP contribution in [0.2, 0.25) is 0 Å². The van der Waals surface area contributed by atoms with Crippen LogP contribution in [0.15, 0.2) is 30.9 Å². The molecule has 0 aromatic carbocycles. The zero-order valence-corrected chi connectivity index (χ0v) is 14.0. The number of aryl methyl sites for hydroxylation is 5. The average molecular weight is 311 g/mol. The quantitative estimate of drug-likeness (QED) is 0.593. The molecule has 5 nitrogen and oxygen atoms in total. The van der Waals surface area contributed by atoms with Crippen molar-refractivity contribution < 1.29 is 4.57 Å². The Kier molecular flexibility index (Phi) is 4.11. The maximum atomic E-state index is 6.32. The van der Waals surface area contributed by atoms with E-state index >= 15 is 0 Å². The van der Waals surface area contributed by atoms with Gasteiger partial charge in [0.1, 0.15) is 12.4 Å². The molecular weight excluding hydrogens is 286 g/mol. The molecule has 5 heteroatoms. The maximum Gasteiger partial charge on any atom is 0.243 e. The van der Waals surface area contributed by atoms with E-state index in [-0.39, 0.29) is 7.43 Å². The van der Waals surface area contributed by atoms with Gasteiger partial charge < -0.3 is 13.2 Å². The Balaban J connectivity index is 0.00000156. The second-order valence-corrected chi connectivity index (χ2v) is 6.24. The molecule has 0 bridgehead atoms. The summed E-state index contributed by atoms with van der Waals surface area (Å²) in [5.74, 6) is 0. The highest BCUT2D eigenvalue weighted by Gasteiger charge is 2.18. The number of hydrogen-bond donors (Lipinski definition) is 1. The third-order valence-electron chi connectivity index (χ3n) is 4.62. The van der Waals surface area contributed by atoms with E-state index < -0.39 is 0 Å². The normalized spacial score (nSPS) is 13.3. The number of fused-ring (bicyclic) bond motifs is 3. The van der Waals surface area contributed by atoms with E-state index in [4.69, 9.17) is 10.8 Å². The van der Waals surface area contributed by atoms with E-state index in [1.54, 1.807) is 0 Å². The van der Waals surface area contributed by atoms with Gasteiger partial charge >= 0.3 is 0 Å². The summed E-state index contributed by atoms with van der Waals surface area (Å²) in [4.78, 5) is 0. The van der Waals surface area contributed by atoms with E-state index in [1.165, 1.54) is 24.1 Å². The van der Waals surface area contributed by atoms with E-state index in [0.29, 0.717) is 0 Å². The molecule has 3 heterocycles. The molecule has 2 N–H and O–H groups in total.